The summed E-state index contributed by atoms with van der Waals surface area (Å²) in [6.45, 7) is 6.53. The van der Waals surface area contributed by atoms with Crippen molar-refractivity contribution in [1.29, 1.82) is 0 Å². The fraction of sp³-hybridized carbons (Fsp3) is 0.556. The van der Waals surface area contributed by atoms with Crippen LogP contribution in [0, 0.1) is 6.92 Å². The Morgan fingerprint density at radius 3 is 2.56 bits per heavy atom. The second-order valence-electron chi connectivity index (χ2n) is 6.00. The van der Waals surface area contributed by atoms with E-state index in [1.165, 1.54) is 0 Å². The first kappa shape index (κ1) is 19.4. The molecule has 1 aromatic carbocycles. The van der Waals surface area contributed by atoms with Gasteiger partial charge in [0.25, 0.3) is 0 Å². The summed E-state index contributed by atoms with van der Waals surface area (Å²) in [4.78, 5) is 26.0. The lowest BCUT2D eigenvalue weighted by atomic mass is 10.0. The SMILES string of the molecule is COC(CNC(=O)C(=O)NCCN1CCOCC1)c1ccccc1C. The van der Waals surface area contributed by atoms with Crippen LogP contribution in [-0.2, 0) is 19.1 Å². The van der Waals surface area contributed by atoms with Gasteiger partial charge >= 0.3 is 11.8 Å². The molecule has 1 fully saturated rings. The summed E-state index contributed by atoms with van der Waals surface area (Å²) in [6.07, 6.45) is -0.286. The summed E-state index contributed by atoms with van der Waals surface area (Å²) in [5.41, 5.74) is 2.08. The fourth-order valence-electron chi connectivity index (χ4n) is 2.77. The van der Waals surface area contributed by atoms with Crippen LogP contribution in [0.4, 0.5) is 0 Å². The maximum Gasteiger partial charge on any atom is 0.309 e. The molecular weight excluding hydrogens is 322 g/mol. The largest absolute Gasteiger partial charge is 0.379 e. The molecule has 0 spiro atoms. The summed E-state index contributed by atoms with van der Waals surface area (Å²) in [5.74, 6) is -1.26. The summed E-state index contributed by atoms with van der Waals surface area (Å²) in [5, 5.41) is 5.29. The van der Waals surface area contributed by atoms with Crippen LogP contribution in [0.2, 0.25) is 0 Å². The van der Waals surface area contributed by atoms with E-state index in [0.717, 1.165) is 24.2 Å². The molecule has 1 atom stereocenters. The molecule has 7 nitrogen and oxygen atoms in total. The lowest BCUT2D eigenvalue weighted by molar-refractivity contribution is -0.139. The maximum atomic E-state index is 11.9. The van der Waals surface area contributed by atoms with Gasteiger partial charge in [-0.05, 0) is 18.1 Å². The van der Waals surface area contributed by atoms with Crippen molar-refractivity contribution >= 4 is 11.8 Å². The minimum atomic E-state index is -0.641. The quantitative estimate of drug-likeness (QED) is 0.690. The number of amides is 2. The molecule has 2 N–H and O–H groups in total. The molecule has 1 aromatic rings. The van der Waals surface area contributed by atoms with Crippen LogP contribution in [0.15, 0.2) is 24.3 Å². The van der Waals surface area contributed by atoms with Gasteiger partial charge in [0.1, 0.15) is 0 Å². The zero-order chi connectivity index (χ0) is 18.1. The molecule has 7 heteroatoms. The average Bonchev–Trinajstić information content (AvgIpc) is 2.64. The van der Waals surface area contributed by atoms with E-state index in [-0.39, 0.29) is 12.6 Å². The summed E-state index contributed by atoms with van der Waals surface area (Å²) < 4.78 is 10.7. The zero-order valence-electron chi connectivity index (χ0n) is 14.9. The molecule has 0 radical (unpaired) electrons. The van der Waals surface area contributed by atoms with E-state index < -0.39 is 11.8 Å². The minimum absolute atomic E-state index is 0.247. The molecule has 0 bridgehead atoms. The molecule has 1 saturated heterocycles. The predicted molar refractivity (Wildman–Crippen MR) is 94.2 cm³/mol. The Bertz CT molecular complexity index is 573. The highest BCUT2D eigenvalue weighted by Gasteiger charge is 2.18. The van der Waals surface area contributed by atoms with Crippen molar-refractivity contribution in [3.05, 3.63) is 35.4 Å². The van der Waals surface area contributed by atoms with E-state index in [9.17, 15) is 9.59 Å². The number of morpholine rings is 1. The first-order chi connectivity index (χ1) is 12.1. The molecule has 1 heterocycles. The lowest BCUT2D eigenvalue weighted by Crippen LogP contribution is -2.45. The monoisotopic (exact) mass is 349 g/mol. The van der Waals surface area contributed by atoms with Crippen molar-refractivity contribution in [3.63, 3.8) is 0 Å². The highest BCUT2D eigenvalue weighted by atomic mass is 16.5. The highest BCUT2D eigenvalue weighted by Crippen LogP contribution is 2.19. The van der Waals surface area contributed by atoms with E-state index in [2.05, 4.69) is 15.5 Å². The first-order valence-corrected chi connectivity index (χ1v) is 8.56. The van der Waals surface area contributed by atoms with E-state index in [1.807, 2.05) is 31.2 Å². The van der Waals surface area contributed by atoms with Gasteiger partial charge in [-0.3, -0.25) is 14.5 Å². The number of benzene rings is 1. The Kier molecular flexibility index (Phi) is 7.84. The van der Waals surface area contributed by atoms with Gasteiger partial charge in [-0.2, -0.15) is 0 Å². The van der Waals surface area contributed by atoms with Gasteiger partial charge < -0.3 is 20.1 Å². The molecule has 1 aliphatic rings. The molecule has 0 aliphatic carbocycles. The maximum absolute atomic E-state index is 11.9. The van der Waals surface area contributed by atoms with Gasteiger partial charge in [-0.15, -0.1) is 0 Å². The number of hydrogen-bond acceptors (Lipinski definition) is 5. The molecule has 2 amide bonds. The predicted octanol–water partition coefficient (Wildman–Crippen LogP) is 0.247. The van der Waals surface area contributed by atoms with Gasteiger partial charge in [0.2, 0.25) is 0 Å². The standard InChI is InChI=1S/C18H27N3O4/c1-14-5-3-4-6-15(14)16(24-2)13-20-18(23)17(22)19-7-8-21-9-11-25-12-10-21/h3-6,16H,7-13H2,1-2H3,(H,19,22)(H,20,23). The van der Waals surface area contributed by atoms with Crippen LogP contribution in [0.1, 0.15) is 17.2 Å². The van der Waals surface area contributed by atoms with Crippen molar-refractivity contribution in [3.8, 4) is 0 Å². The second kappa shape index (κ2) is 10.1. The van der Waals surface area contributed by atoms with E-state index >= 15 is 0 Å². The number of rotatable bonds is 7. The minimum Gasteiger partial charge on any atom is -0.379 e. The summed E-state index contributed by atoms with van der Waals surface area (Å²) in [7, 11) is 1.59. The molecule has 0 saturated carbocycles. The van der Waals surface area contributed by atoms with Gasteiger partial charge in [-0.1, -0.05) is 24.3 Å². The molecule has 1 unspecified atom stereocenters. The van der Waals surface area contributed by atoms with Crippen LogP contribution >= 0.6 is 0 Å². The Morgan fingerprint density at radius 2 is 1.88 bits per heavy atom. The third-order valence-electron chi connectivity index (χ3n) is 4.29. The molecule has 25 heavy (non-hydrogen) atoms. The number of nitrogens with one attached hydrogen (secondary N) is 2. The second-order valence-corrected chi connectivity index (χ2v) is 6.00. The number of ether oxygens (including phenoxy) is 2. The molecule has 2 rings (SSSR count). The van der Waals surface area contributed by atoms with E-state index in [0.29, 0.717) is 26.3 Å². The topological polar surface area (TPSA) is 79.9 Å². The summed E-state index contributed by atoms with van der Waals surface area (Å²) >= 11 is 0. The van der Waals surface area contributed by atoms with Crippen molar-refractivity contribution < 1.29 is 19.1 Å². The Hall–Kier alpha value is -1.96. The Labute approximate surface area is 148 Å². The van der Waals surface area contributed by atoms with E-state index in [4.69, 9.17) is 9.47 Å². The number of carbonyl (C=O) groups is 2. The number of nitrogens with zero attached hydrogens (tertiary/aromatic N) is 1. The van der Waals surface area contributed by atoms with Crippen molar-refractivity contribution in [2.24, 2.45) is 0 Å². The van der Waals surface area contributed by atoms with E-state index in [1.54, 1.807) is 7.11 Å². The van der Waals surface area contributed by atoms with Crippen molar-refractivity contribution in [1.82, 2.24) is 15.5 Å². The smallest absolute Gasteiger partial charge is 0.309 e. The number of carbonyl (C=O) groups excluding carboxylic acids is 2. The molecule has 138 valence electrons. The van der Waals surface area contributed by atoms with Crippen LogP contribution in [-0.4, -0.2) is 69.8 Å². The van der Waals surface area contributed by atoms with Gasteiger partial charge in [0.15, 0.2) is 0 Å². The van der Waals surface area contributed by atoms with Gasteiger partial charge in [-0.25, -0.2) is 0 Å². The fourth-order valence-corrected chi connectivity index (χ4v) is 2.77. The normalized spacial score (nSPS) is 16.2. The van der Waals surface area contributed by atoms with Crippen LogP contribution < -0.4 is 10.6 Å². The first-order valence-electron chi connectivity index (χ1n) is 8.56. The third kappa shape index (κ3) is 6.12. The lowest BCUT2D eigenvalue weighted by Gasteiger charge is -2.26. The van der Waals surface area contributed by atoms with Gasteiger partial charge in [0.05, 0.1) is 19.3 Å². The summed E-state index contributed by atoms with van der Waals surface area (Å²) in [6, 6.07) is 7.82. The number of methoxy groups -OCH3 is 1. The van der Waals surface area contributed by atoms with Crippen LogP contribution in [0.3, 0.4) is 0 Å². The number of aryl methyl sites for hydroxylation is 1. The third-order valence-corrected chi connectivity index (χ3v) is 4.29. The zero-order valence-corrected chi connectivity index (χ0v) is 14.9. The average molecular weight is 349 g/mol. The van der Waals surface area contributed by atoms with Gasteiger partial charge in [0, 0.05) is 39.8 Å². The molecular formula is C18H27N3O4. The Balaban J connectivity index is 1.72. The molecule has 1 aliphatic heterocycles. The molecule has 0 aromatic heterocycles. The Morgan fingerprint density at radius 1 is 1.20 bits per heavy atom. The van der Waals surface area contributed by atoms with Crippen LogP contribution in [0.25, 0.3) is 0 Å². The number of hydrogen-bond donors (Lipinski definition) is 2. The van der Waals surface area contributed by atoms with Crippen LogP contribution in [0.5, 0.6) is 0 Å². The van der Waals surface area contributed by atoms with Crippen molar-refractivity contribution in [2.45, 2.75) is 13.0 Å². The highest BCUT2D eigenvalue weighted by molar-refractivity contribution is 6.35. The van der Waals surface area contributed by atoms with Crippen molar-refractivity contribution in [2.75, 3.05) is 53.0 Å².